The molecule has 0 aliphatic rings. The first-order valence-electron chi connectivity index (χ1n) is 5.02. The average Bonchev–Trinajstić information content (AvgIpc) is 2.27. The molecule has 1 rings (SSSR count). The summed E-state index contributed by atoms with van der Waals surface area (Å²) in [7, 11) is -2.49. The van der Waals surface area contributed by atoms with Gasteiger partial charge in [-0.15, -0.1) is 0 Å². The molecule has 0 fully saturated rings. The van der Waals surface area contributed by atoms with E-state index < -0.39 is 20.7 Å². The fraction of sp³-hybridized carbons (Fsp3) is 0.300. The molecule has 0 aromatic heterocycles. The third-order valence-electron chi connectivity index (χ3n) is 2.11. The van der Waals surface area contributed by atoms with Crippen LogP contribution >= 0.6 is 15.9 Å². The normalized spacial score (nSPS) is 11.3. The lowest BCUT2D eigenvalue weighted by molar-refractivity contribution is -0.120. The zero-order valence-corrected chi connectivity index (χ0v) is 11.9. The van der Waals surface area contributed by atoms with Crippen molar-refractivity contribution in [2.75, 3.05) is 13.6 Å². The first kappa shape index (κ1) is 15.1. The van der Waals surface area contributed by atoms with Gasteiger partial charge in [-0.1, -0.05) is 15.9 Å². The van der Waals surface area contributed by atoms with E-state index in [1.807, 2.05) is 0 Å². The van der Waals surface area contributed by atoms with Crippen LogP contribution in [-0.2, 0) is 14.8 Å². The van der Waals surface area contributed by atoms with Crippen molar-refractivity contribution in [3.05, 3.63) is 28.5 Å². The van der Waals surface area contributed by atoms with Gasteiger partial charge in [-0.2, -0.15) is 0 Å². The number of carbonyl (C=O) groups excluding carboxylic acids is 1. The maximum Gasteiger partial charge on any atom is 0.243 e. The molecule has 5 nitrogen and oxygen atoms in total. The lowest BCUT2D eigenvalue weighted by Gasteiger charge is -2.07. The Morgan fingerprint density at radius 1 is 1.44 bits per heavy atom. The minimum absolute atomic E-state index is 0.00607. The Labute approximate surface area is 113 Å². The summed E-state index contributed by atoms with van der Waals surface area (Å²) in [4.78, 5) is 10.5. The molecule has 18 heavy (non-hydrogen) atoms. The number of hydrogen-bond donors (Lipinski definition) is 2. The van der Waals surface area contributed by atoms with Gasteiger partial charge in [-0.3, -0.25) is 4.79 Å². The molecule has 2 N–H and O–H groups in total. The summed E-state index contributed by atoms with van der Waals surface area (Å²) < 4.78 is 39.5. The standard InChI is InChI=1S/C10H12BrFN2O3S/c1-13-10(15)4-5-14-18(16,17)9-3-2-7(11)6-8(9)12/h2-3,6,14H,4-5H2,1H3,(H,13,15). The van der Waals surface area contributed by atoms with Crippen molar-refractivity contribution in [3.8, 4) is 0 Å². The zero-order chi connectivity index (χ0) is 13.8. The summed E-state index contributed by atoms with van der Waals surface area (Å²) in [6, 6.07) is 3.64. The lowest BCUT2D eigenvalue weighted by Crippen LogP contribution is -2.29. The molecule has 0 spiro atoms. The van der Waals surface area contributed by atoms with Gasteiger partial charge in [0.2, 0.25) is 15.9 Å². The summed E-state index contributed by atoms with van der Waals surface area (Å²) >= 11 is 3.04. The number of hydrogen-bond acceptors (Lipinski definition) is 3. The highest BCUT2D eigenvalue weighted by atomic mass is 79.9. The molecule has 0 radical (unpaired) electrons. The highest BCUT2D eigenvalue weighted by Crippen LogP contribution is 2.19. The van der Waals surface area contributed by atoms with Crippen molar-refractivity contribution in [3.63, 3.8) is 0 Å². The number of rotatable bonds is 5. The van der Waals surface area contributed by atoms with Gasteiger partial charge in [0.15, 0.2) is 0 Å². The maximum absolute atomic E-state index is 13.5. The third kappa shape index (κ3) is 4.04. The third-order valence-corrected chi connectivity index (χ3v) is 4.09. The van der Waals surface area contributed by atoms with E-state index in [1.54, 1.807) is 0 Å². The van der Waals surface area contributed by atoms with Gasteiger partial charge in [-0.05, 0) is 18.2 Å². The highest BCUT2D eigenvalue weighted by Gasteiger charge is 2.18. The molecule has 0 atom stereocenters. The molecule has 0 unspecified atom stereocenters. The Morgan fingerprint density at radius 2 is 2.11 bits per heavy atom. The summed E-state index contributed by atoms with van der Waals surface area (Å²) in [5.74, 6) is -1.15. The van der Waals surface area contributed by atoms with Gasteiger partial charge in [0, 0.05) is 24.5 Å². The van der Waals surface area contributed by atoms with Crippen molar-refractivity contribution >= 4 is 31.9 Å². The second kappa shape index (κ2) is 6.26. The van der Waals surface area contributed by atoms with Crippen LogP contribution in [0.1, 0.15) is 6.42 Å². The second-order valence-electron chi connectivity index (χ2n) is 3.40. The van der Waals surface area contributed by atoms with E-state index in [2.05, 4.69) is 26.0 Å². The Morgan fingerprint density at radius 3 is 2.67 bits per heavy atom. The van der Waals surface area contributed by atoms with Crippen molar-refractivity contribution in [2.45, 2.75) is 11.3 Å². The molecule has 0 bridgehead atoms. The molecule has 100 valence electrons. The van der Waals surface area contributed by atoms with Gasteiger partial charge in [-0.25, -0.2) is 17.5 Å². The summed E-state index contributed by atoms with van der Waals surface area (Å²) in [5.41, 5.74) is 0. The zero-order valence-electron chi connectivity index (χ0n) is 9.54. The minimum Gasteiger partial charge on any atom is -0.359 e. The molecule has 0 heterocycles. The highest BCUT2D eigenvalue weighted by molar-refractivity contribution is 9.10. The van der Waals surface area contributed by atoms with Crippen LogP contribution in [0.5, 0.6) is 0 Å². The van der Waals surface area contributed by atoms with Crippen molar-refractivity contribution in [2.24, 2.45) is 0 Å². The van der Waals surface area contributed by atoms with Gasteiger partial charge in [0.1, 0.15) is 10.7 Å². The number of benzene rings is 1. The number of nitrogens with one attached hydrogen (secondary N) is 2. The molecule has 1 amide bonds. The van der Waals surface area contributed by atoms with Crippen LogP contribution in [-0.4, -0.2) is 27.9 Å². The second-order valence-corrected chi connectivity index (χ2v) is 6.05. The van der Waals surface area contributed by atoms with Crippen molar-refractivity contribution < 1.29 is 17.6 Å². The summed E-state index contributed by atoms with van der Waals surface area (Å²) in [5, 5.41) is 2.36. The Kier molecular flexibility index (Phi) is 5.24. The van der Waals surface area contributed by atoms with E-state index >= 15 is 0 Å². The number of sulfonamides is 1. The van der Waals surface area contributed by atoms with E-state index in [9.17, 15) is 17.6 Å². The first-order chi connectivity index (χ1) is 8.36. The molecular weight excluding hydrogens is 327 g/mol. The van der Waals surface area contributed by atoms with E-state index in [4.69, 9.17) is 0 Å². The van der Waals surface area contributed by atoms with Gasteiger partial charge < -0.3 is 5.32 Å². The molecule has 0 saturated carbocycles. The SMILES string of the molecule is CNC(=O)CCNS(=O)(=O)c1ccc(Br)cc1F. The quantitative estimate of drug-likeness (QED) is 0.841. The van der Waals surface area contributed by atoms with E-state index in [0.29, 0.717) is 4.47 Å². The first-order valence-corrected chi connectivity index (χ1v) is 7.29. The molecule has 8 heteroatoms. The lowest BCUT2D eigenvalue weighted by atomic mass is 10.3. The monoisotopic (exact) mass is 338 g/mol. The topological polar surface area (TPSA) is 75.3 Å². The molecule has 0 aliphatic carbocycles. The van der Waals surface area contributed by atoms with Crippen LogP contribution in [0, 0.1) is 5.82 Å². The van der Waals surface area contributed by atoms with Crippen molar-refractivity contribution in [1.82, 2.24) is 10.0 Å². The molecule has 0 saturated heterocycles. The van der Waals surface area contributed by atoms with E-state index in [0.717, 1.165) is 12.1 Å². The van der Waals surface area contributed by atoms with Gasteiger partial charge in [0.05, 0.1) is 0 Å². The Hall–Kier alpha value is -0.990. The van der Waals surface area contributed by atoms with Gasteiger partial charge in [0.25, 0.3) is 0 Å². The van der Waals surface area contributed by atoms with Crippen LogP contribution in [0.2, 0.25) is 0 Å². The van der Waals surface area contributed by atoms with Crippen LogP contribution in [0.25, 0.3) is 0 Å². The van der Waals surface area contributed by atoms with Crippen LogP contribution in [0.4, 0.5) is 4.39 Å². The average molecular weight is 339 g/mol. The fourth-order valence-electron chi connectivity index (χ4n) is 1.19. The Balaban J connectivity index is 2.77. The van der Waals surface area contributed by atoms with E-state index in [-0.39, 0.29) is 18.9 Å². The number of halogens is 2. The smallest absolute Gasteiger partial charge is 0.243 e. The molecule has 1 aromatic rings. The van der Waals surface area contributed by atoms with Crippen LogP contribution in [0.3, 0.4) is 0 Å². The largest absolute Gasteiger partial charge is 0.359 e. The number of amides is 1. The van der Waals surface area contributed by atoms with Crippen molar-refractivity contribution in [1.29, 1.82) is 0 Å². The minimum atomic E-state index is -3.94. The predicted molar refractivity (Wildman–Crippen MR) is 68.0 cm³/mol. The van der Waals surface area contributed by atoms with Crippen LogP contribution in [0.15, 0.2) is 27.6 Å². The fourth-order valence-corrected chi connectivity index (χ4v) is 2.62. The summed E-state index contributed by atoms with van der Waals surface area (Å²) in [6.45, 7) is -0.0858. The maximum atomic E-state index is 13.5. The van der Waals surface area contributed by atoms with Gasteiger partial charge >= 0.3 is 0 Å². The predicted octanol–water partition coefficient (Wildman–Crippen LogP) is 1.00. The van der Waals surface area contributed by atoms with Crippen LogP contribution < -0.4 is 10.0 Å². The Bertz CT molecular complexity index is 548. The molecular formula is C10H12BrFN2O3S. The summed E-state index contributed by atoms with van der Waals surface area (Å²) in [6.07, 6.45) is -0.00607. The van der Waals surface area contributed by atoms with E-state index in [1.165, 1.54) is 13.1 Å². The number of carbonyl (C=O) groups is 1. The molecule has 0 aliphatic heterocycles. The molecule has 1 aromatic carbocycles.